The summed E-state index contributed by atoms with van der Waals surface area (Å²) in [5, 5.41) is 1.36. The van der Waals surface area contributed by atoms with Crippen LogP contribution in [0.4, 0.5) is 0 Å². The Labute approximate surface area is 327 Å². The van der Waals surface area contributed by atoms with E-state index in [1.807, 2.05) is 7.11 Å². The third-order valence-electron chi connectivity index (χ3n) is 13.8. The average Bonchev–Trinajstić information content (AvgIpc) is 3.57. The van der Waals surface area contributed by atoms with Crippen LogP contribution in [0.1, 0.15) is 138 Å². The third-order valence-corrected chi connectivity index (χ3v) is 18.1. The molecule has 0 radical (unpaired) electrons. The number of rotatable bonds is 5. The fraction of sp³-hybridized carbons (Fsp3) is 0.608. The molecule has 53 heavy (non-hydrogen) atoms. The van der Waals surface area contributed by atoms with Gasteiger partial charge in [-0.05, 0) is 132 Å². The molecule has 2 saturated carbocycles. The standard InChI is InChI=1S/C51H74OS/c1-31-25-40-38(33-21-23-35(24-22-33)48(3,4)5)19-18-20-39(40)46(31)53(16,17)47-32(2)26-41-42(47)30-43(51(12,13)14)45(52-15)44(41)34-27-36(49(6,7)8)29-37(28-34)50(9,10)11/h18-24,27-32,39-42,46-47H,25-26H2,1-17H3. The number of ether oxygens (including phenoxy) is 1. The second-order valence-corrected chi connectivity index (χ2v) is 26.2. The first-order valence-corrected chi connectivity index (χ1v) is 23.3. The second-order valence-electron chi connectivity index (χ2n) is 22.1. The van der Waals surface area contributed by atoms with Crippen molar-refractivity contribution >= 4 is 21.2 Å². The Morgan fingerprint density at radius 1 is 0.604 bits per heavy atom. The lowest BCUT2D eigenvalue weighted by Gasteiger charge is -2.52. The summed E-state index contributed by atoms with van der Waals surface area (Å²) in [6.45, 7) is 33.5. The number of benzene rings is 2. The molecule has 2 aromatic carbocycles. The molecule has 0 heterocycles. The van der Waals surface area contributed by atoms with Crippen molar-refractivity contribution in [3.05, 3.63) is 106 Å². The highest BCUT2D eigenvalue weighted by Crippen LogP contribution is 2.70. The van der Waals surface area contributed by atoms with Gasteiger partial charge in [-0.25, -0.2) is 10.0 Å². The molecule has 2 aromatic rings. The van der Waals surface area contributed by atoms with Crippen molar-refractivity contribution in [1.29, 1.82) is 0 Å². The molecule has 0 amide bonds. The summed E-state index contributed by atoms with van der Waals surface area (Å²) in [5.41, 5.74) is 11.8. The van der Waals surface area contributed by atoms with Crippen LogP contribution in [0.3, 0.4) is 0 Å². The van der Waals surface area contributed by atoms with E-state index in [0.29, 0.717) is 46.0 Å². The van der Waals surface area contributed by atoms with Gasteiger partial charge >= 0.3 is 0 Å². The highest BCUT2D eigenvalue weighted by molar-refractivity contribution is 8.33. The average molecular weight is 735 g/mol. The van der Waals surface area contributed by atoms with E-state index in [0.717, 1.165) is 5.76 Å². The molecule has 0 saturated heterocycles. The van der Waals surface area contributed by atoms with Gasteiger partial charge in [0.05, 0.1) is 7.11 Å². The summed E-state index contributed by atoms with van der Waals surface area (Å²) >= 11 is 0. The molecule has 6 rings (SSSR count). The highest BCUT2D eigenvalue weighted by atomic mass is 32.3. The summed E-state index contributed by atoms with van der Waals surface area (Å²) < 4.78 is 6.58. The Kier molecular flexibility index (Phi) is 10.3. The number of hydrogen-bond acceptors (Lipinski definition) is 1. The zero-order chi connectivity index (χ0) is 39.2. The molecule has 4 aliphatic carbocycles. The SMILES string of the molecule is COC1=C(c2cc(C(C)(C)C)cc(C(C)(C)C)c2)C2CC(C)C(S(C)(C)C3C(C)CC4C(c5ccc(C(C)(C)C)cc5)=CC=CC43)C2C=C1C(C)(C)C. The third kappa shape index (κ3) is 7.34. The van der Waals surface area contributed by atoms with Crippen LogP contribution >= 0.6 is 10.0 Å². The minimum atomic E-state index is -1.06. The van der Waals surface area contributed by atoms with E-state index in [4.69, 9.17) is 4.74 Å². The molecule has 0 spiro atoms. The lowest BCUT2D eigenvalue weighted by molar-refractivity contribution is 0.274. The van der Waals surface area contributed by atoms with E-state index in [1.165, 1.54) is 51.8 Å². The van der Waals surface area contributed by atoms with Crippen LogP contribution in [0.2, 0.25) is 0 Å². The van der Waals surface area contributed by atoms with Crippen LogP contribution < -0.4 is 0 Å². The van der Waals surface area contributed by atoms with E-state index in [-0.39, 0.29) is 21.7 Å². The molecular formula is C51H74OS. The van der Waals surface area contributed by atoms with Gasteiger partial charge in [0, 0.05) is 5.57 Å². The Morgan fingerprint density at radius 2 is 1.11 bits per heavy atom. The van der Waals surface area contributed by atoms with Gasteiger partial charge in [-0.3, -0.25) is 0 Å². The summed E-state index contributed by atoms with van der Waals surface area (Å²) in [4.78, 5) is 0. The van der Waals surface area contributed by atoms with Crippen LogP contribution in [0.15, 0.2) is 78.1 Å². The highest BCUT2D eigenvalue weighted by Gasteiger charge is 2.56. The zero-order valence-corrected chi connectivity index (χ0v) is 37.5. The van der Waals surface area contributed by atoms with Crippen LogP contribution in [-0.4, -0.2) is 30.1 Å². The molecule has 290 valence electrons. The monoisotopic (exact) mass is 735 g/mol. The van der Waals surface area contributed by atoms with Crippen molar-refractivity contribution in [1.82, 2.24) is 0 Å². The van der Waals surface area contributed by atoms with Gasteiger partial charge in [-0.1, -0.05) is 164 Å². The zero-order valence-electron chi connectivity index (χ0n) is 36.7. The predicted molar refractivity (Wildman–Crippen MR) is 236 cm³/mol. The molecule has 2 fully saturated rings. The van der Waals surface area contributed by atoms with Gasteiger partial charge < -0.3 is 4.74 Å². The molecule has 2 heteroatoms. The first kappa shape index (κ1) is 40.2. The fourth-order valence-corrected chi connectivity index (χ4v) is 16.3. The van der Waals surface area contributed by atoms with Crippen molar-refractivity contribution in [2.24, 2.45) is 40.9 Å². The summed E-state index contributed by atoms with van der Waals surface area (Å²) in [6.07, 6.45) is 18.2. The van der Waals surface area contributed by atoms with E-state index in [9.17, 15) is 0 Å². The first-order chi connectivity index (χ1) is 24.4. The molecule has 0 N–H and O–H groups in total. The van der Waals surface area contributed by atoms with Crippen molar-refractivity contribution < 1.29 is 4.74 Å². The van der Waals surface area contributed by atoms with Crippen molar-refractivity contribution in [2.45, 2.75) is 137 Å². The number of hydrogen-bond donors (Lipinski definition) is 0. The van der Waals surface area contributed by atoms with Gasteiger partial charge in [-0.2, -0.15) is 0 Å². The van der Waals surface area contributed by atoms with E-state index in [2.05, 4.69) is 176 Å². The van der Waals surface area contributed by atoms with Crippen molar-refractivity contribution in [3.8, 4) is 0 Å². The quantitative estimate of drug-likeness (QED) is 0.297. The minimum absolute atomic E-state index is 0.0218. The van der Waals surface area contributed by atoms with E-state index < -0.39 is 10.0 Å². The molecule has 0 aromatic heterocycles. The summed E-state index contributed by atoms with van der Waals surface area (Å²) in [6, 6.07) is 17.1. The van der Waals surface area contributed by atoms with E-state index in [1.54, 1.807) is 5.57 Å². The maximum Gasteiger partial charge on any atom is 0.126 e. The second kappa shape index (κ2) is 13.6. The Bertz CT molecular complexity index is 1780. The summed E-state index contributed by atoms with van der Waals surface area (Å²) in [5.74, 6) is 4.63. The van der Waals surface area contributed by atoms with Crippen LogP contribution in [0.25, 0.3) is 11.1 Å². The maximum absolute atomic E-state index is 6.58. The largest absolute Gasteiger partial charge is 0.496 e. The summed E-state index contributed by atoms with van der Waals surface area (Å²) in [7, 11) is 0.869. The van der Waals surface area contributed by atoms with Gasteiger partial charge in [0.1, 0.15) is 5.76 Å². The smallest absolute Gasteiger partial charge is 0.126 e. The number of methoxy groups -OCH3 is 1. The van der Waals surface area contributed by atoms with Gasteiger partial charge in [0.2, 0.25) is 0 Å². The van der Waals surface area contributed by atoms with Gasteiger partial charge in [0.25, 0.3) is 0 Å². The Hall–Kier alpha value is -2.45. The normalized spacial score (nSPS) is 29.8. The molecule has 4 aliphatic rings. The molecule has 8 atom stereocenters. The maximum atomic E-state index is 6.58. The van der Waals surface area contributed by atoms with E-state index >= 15 is 0 Å². The fourth-order valence-electron chi connectivity index (χ4n) is 11.2. The van der Waals surface area contributed by atoms with Crippen LogP contribution in [0.5, 0.6) is 0 Å². The lowest BCUT2D eigenvalue weighted by Crippen LogP contribution is -2.39. The van der Waals surface area contributed by atoms with Crippen LogP contribution in [0, 0.1) is 40.9 Å². The topological polar surface area (TPSA) is 9.23 Å². The van der Waals surface area contributed by atoms with Gasteiger partial charge in [0.15, 0.2) is 0 Å². The van der Waals surface area contributed by atoms with Gasteiger partial charge in [-0.15, -0.1) is 0 Å². The number of allylic oxidation sites excluding steroid dienone is 7. The predicted octanol–water partition coefficient (Wildman–Crippen LogP) is 13.9. The molecule has 0 aliphatic heterocycles. The Balaban J connectivity index is 1.42. The molecule has 1 nitrogen and oxygen atoms in total. The molecule has 8 unspecified atom stereocenters. The van der Waals surface area contributed by atoms with Crippen molar-refractivity contribution in [3.63, 3.8) is 0 Å². The Morgan fingerprint density at radius 3 is 1.60 bits per heavy atom. The lowest BCUT2D eigenvalue weighted by atomic mass is 9.70. The molecule has 0 bridgehead atoms. The molecular weight excluding hydrogens is 661 g/mol. The number of fused-ring (bicyclic) bond motifs is 2. The minimum Gasteiger partial charge on any atom is -0.496 e. The van der Waals surface area contributed by atoms with Crippen molar-refractivity contribution in [2.75, 3.05) is 19.6 Å². The van der Waals surface area contributed by atoms with Crippen LogP contribution in [-0.2, 0) is 21.0 Å². The first-order valence-electron chi connectivity index (χ1n) is 20.7.